The summed E-state index contributed by atoms with van der Waals surface area (Å²) in [5.74, 6) is 2.26. The Balaban J connectivity index is 1.01. The number of hydrogen-bond donors (Lipinski definition) is 0. The maximum absolute atomic E-state index is 9.12. The first-order valence-corrected chi connectivity index (χ1v) is 26.7. The lowest BCUT2D eigenvalue weighted by molar-refractivity contribution is 0.483. The first kappa shape index (κ1) is 42.5. The van der Waals surface area contributed by atoms with Gasteiger partial charge in [-0.2, -0.15) is 0 Å². The van der Waals surface area contributed by atoms with Crippen LogP contribution in [-0.2, 0) is 22.9 Å². The number of aromatic nitrogens is 3. The van der Waals surface area contributed by atoms with Crippen molar-refractivity contribution in [2.75, 3.05) is 4.90 Å². The van der Waals surface area contributed by atoms with Gasteiger partial charge in [-0.25, -0.2) is 4.98 Å². The summed E-state index contributed by atoms with van der Waals surface area (Å²) >= 11 is 0. The number of ether oxygens (including phenoxy) is 1. The van der Waals surface area contributed by atoms with E-state index in [1.165, 1.54) is 16.5 Å². The van der Waals surface area contributed by atoms with Crippen LogP contribution in [-0.4, -0.2) is 14.1 Å². The molecule has 1 aliphatic heterocycles. The molecule has 77 heavy (non-hydrogen) atoms. The fraction of sp³-hybridized carbons (Fsp3) is 0.181. The number of anilines is 2. The summed E-state index contributed by atoms with van der Waals surface area (Å²) in [4.78, 5) is 7.35. The molecule has 0 saturated heterocycles. The van der Waals surface area contributed by atoms with Crippen molar-refractivity contribution < 1.29 is 11.6 Å². The molecular formula is C72H64N4O. The molecule has 5 nitrogen and oxygen atoms in total. The molecule has 0 aliphatic carbocycles. The van der Waals surface area contributed by atoms with Crippen molar-refractivity contribution in [2.45, 2.75) is 85.2 Å². The van der Waals surface area contributed by atoms with Gasteiger partial charge in [0.15, 0.2) is 0 Å². The summed E-state index contributed by atoms with van der Waals surface area (Å²) in [7, 11) is 0. The number of benzene rings is 9. The molecular weight excluding hydrogens is 937 g/mol. The minimum Gasteiger partial charge on any atom is -0.457 e. The zero-order valence-corrected chi connectivity index (χ0v) is 45.2. The quantitative estimate of drug-likeness (QED) is 0.166. The molecule has 0 spiro atoms. The third-order valence-corrected chi connectivity index (χ3v) is 15.6. The number of fused-ring (bicyclic) bond motifs is 10. The van der Waals surface area contributed by atoms with Gasteiger partial charge in [0, 0.05) is 51.1 Å². The van der Waals surface area contributed by atoms with Crippen molar-refractivity contribution in [1.29, 1.82) is 0 Å². The van der Waals surface area contributed by atoms with E-state index in [9.17, 15) is 0 Å². The van der Waals surface area contributed by atoms with E-state index in [0.717, 1.165) is 93.7 Å². The van der Waals surface area contributed by atoms with Crippen LogP contribution in [0.1, 0.15) is 85.9 Å². The Hall–Kier alpha value is -8.67. The number of para-hydroxylation sites is 2. The average Bonchev–Trinajstić information content (AvgIpc) is 4.03. The highest BCUT2D eigenvalue weighted by Crippen LogP contribution is 2.46. The largest absolute Gasteiger partial charge is 0.457 e. The normalized spacial score (nSPS) is 13.8. The predicted molar refractivity (Wildman–Crippen MR) is 326 cm³/mol. The highest BCUT2D eigenvalue weighted by molar-refractivity contribution is 6.22. The molecule has 0 fully saturated rings. The lowest BCUT2D eigenvalue weighted by Crippen LogP contribution is -2.15. The minimum absolute atomic E-state index is 0.0327. The molecule has 3 aromatic heterocycles. The predicted octanol–water partition coefficient (Wildman–Crippen LogP) is 19.8. The standard InChI is InChI=1S/C72H64N4O/c1-70(2,3)49-32-35-64-63(41-49)60-34-33-54(44-66(60)76(64)67-42-50(36-37-73-67)71(4,5)6)77-53-23-17-22-52(43-53)74-45-75-68-55(48-38-47(46-20-11-10-12-21-46)39-51(40-48)72(7,8)9)28-18-29-61(68)58-26-15-13-24-56(58)57-25-14-16-27-59(57)62-30-19-31-65(74)69(62)75/h10-44H,45H2,1-9H3/i10D,11D,12D,20D,21D. The van der Waals surface area contributed by atoms with Crippen LogP contribution < -0.4 is 9.64 Å². The van der Waals surface area contributed by atoms with Gasteiger partial charge in [-0.05, 0) is 132 Å². The Labute approximate surface area is 459 Å². The molecule has 0 unspecified atom stereocenters. The van der Waals surface area contributed by atoms with E-state index in [1.54, 1.807) is 0 Å². The molecule has 13 rings (SSSR count). The zero-order chi connectivity index (χ0) is 57.3. The minimum atomic E-state index is -0.414. The van der Waals surface area contributed by atoms with E-state index in [2.05, 4.69) is 234 Å². The van der Waals surface area contributed by atoms with Gasteiger partial charge in [-0.15, -0.1) is 0 Å². The monoisotopic (exact) mass is 1010 g/mol. The first-order chi connectivity index (χ1) is 39.1. The van der Waals surface area contributed by atoms with E-state index >= 15 is 0 Å². The molecule has 5 heteroatoms. The van der Waals surface area contributed by atoms with Crippen LogP contribution in [0.5, 0.6) is 11.5 Å². The van der Waals surface area contributed by atoms with Crippen molar-refractivity contribution >= 4 is 76.5 Å². The second kappa shape index (κ2) is 18.0. The second-order valence-electron chi connectivity index (χ2n) is 23.8. The molecule has 9 aromatic carbocycles. The highest BCUT2D eigenvalue weighted by Gasteiger charge is 2.27. The van der Waals surface area contributed by atoms with Gasteiger partial charge in [0.2, 0.25) is 0 Å². The van der Waals surface area contributed by atoms with E-state index in [-0.39, 0.29) is 46.0 Å². The van der Waals surface area contributed by atoms with Gasteiger partial charge in [0.25, 0.3) is 0 Å². The van der Waals surface area contributed by atoms with Crippen LogP contribution in [0.25, 0.3) is 93.2 Å². The average molecular weight is 1010 g/mol. The summed E-state index contributed by atoms with van der Waals surface area (Å²) in [6, 6.07) is 60.9. The smallest absolute Gasteiger partial charge is 0.137 e. The van der Waals surface area contributed by atoms with Crippen molar-refractivity contribution in [3.63, 3.8) is 0 Å². The number of hydrogen-bond acceptors (Lipinski definition) is 3. The van der Waals surface area contributed by atoms with E-state index in [4.69, 9.17) is 16.6 Å². The summed E-state index contributed by atoms with van der Waals surface area (Å²) in [6.07, 6.45) is 1.92. The third-order valence-electron chi connectivity index (χ3n) is 15.6. The summed E-state index contributed by atoms with van der Waals surface area (Å²) in [5.41, 5.74) is 11.7. The molecule has 4 heterocycles. The number of rotatable bonds is 6. The Bertz CT molecular complexity index is 4690. The fourth-order valence-electron chi connectivity index (χ4n) is 11.5. The van der Waals surface area contributed by atoms with Crippen LogP contribution in [0.15, 0.2) is 212 Å². The van der Waals surface area contributed by atoms with E-state index in [1.807, 2.05) is 24.4 Å². The van der Waals surface area contributed by atoms with Gasteiger partial charge in [0.1, 0.15) is 24.0 Å². The Kier molecular flexibility index (Phi) is 9.94. The molecule has 378 valence electrons. The van der Waals surface area contributed by atoms with Crippen molar-refractivity contribution in [3.05, 3.63) is 229 Å². The van der Waals surface area contributed by atoms with Crippen molar-refractivity contribution in [2.24, 2.45) is 0 Å². The molecule has 0 radical (unpaired) electrons. The van der Waals surface area contributed by atoms with Gasteiger partial charge >= 0.3 is 0 Å². The van der Waals surface area contributed by atoms with Crippen LogP contribution in [0.2, 0.25) is 0 Å². The van der Waals surface area contributed by atoms with Crippen LogP contribution in [0.3, 0.4) is 0 Å². The Morgan fingerprint density at radius 3 is 1.75 bits per heavy atom. The van der Waals surface area contributed by atoms with Gasteiger partial charge in [-0.1, -0.05) is 196 Å². The second-order valence-corrected chi connectivity index (χ2v) is 23.8. The lowest BCUT2D eigenvalue weighted by Gasteiger charge is -2.23. The molecule has 0 bridgehead atoms. The van der Waals surface area contributed by atoms with Crippen LogP contribution >= 0.6 is 0 Å². The molecule has 12 aromatic rings. The van der Waals surface area contributed by atoms with Crippen LogP contribution in [0.4, 0.5) is 11.4 Å². The molecule has 0 atom stereocenters. The molecule has 0 amide bonds. The number of pyridine rings is 1. The summed E-state index contributed by atoms with van der Waals surface area (Å²) < 4.78 is 55.7. The highest BCUT2D eigenvalue weighted by atomic mass is 16.5. The Morgan fingerprint density at radius 2 is 1.05 bits per heavy atom. The summed E-state index contributed by atoms with van der Waals surface area (Å²) in [5, 5.41) is 8.86. The van der Waals surface area contributed by atoms with Gasteiger partial charge < -0.3 is 14.2 Å². The number of nitrogens with zero attached hydrogens (tertiary/aromatic N) is 4. The van der Waals surface area contributed by atoms with E-state index in [0.29, 0.717) is 23.7 Å². The summed E-state index contributed by atoms with van der Waals surface area (Å²) in [6.45, 7) is 20.4. The molecule has 1 aliphatic rings. The lowest BCUT2D eigenvalue weighted by atomic mass is 9.83. The Morgan fingerprint density at radius 1 is 0.442 bits per heavy atom. The van der Waals surface area contributed by atoms with Crippen LogP contribution in [0, 0.1) is 0 Å². The zero-order valence-electron chi connectivity index (χ0n) is 50.2. The topological polar surface area (TPSA) is 35.2 Å². The van der Waals surface area contributed by atoms with Gasteiger partial charge in [0.05, 0.1) is 34.6 Å². The maximum Gasteiger partial charge on any atom is 0.137 e. The third kappa shape index (κ3) is 8.37. The van der Waals surface area contributed by atoms with Crippen molar-refractivity contribution in [1.82, 2.24) is 14.1 Å². The fourth-order valence-corrected chi connectivity index (χ4v) is 11.5. The van der Waals surface area contributed by atoms with E-state index < -0.39 is 6.04 Å². The maximum atomic E-state index is 9.12. The SMILES string of the molecule is [2H]c1c([2H])c([2H])c(-c2cc(-c3cccc4c5ccccc5c5ccccc5c5cccc6c5n(c34)CN6c3cccc(Oc4ccc5c6cc(C(C)(C)C)ccc6n(-c6cc(C(C)(C)C)ccn6)c5c4)c3)cc(C(C)(C)C)c2)c([2H])c1[2H]. The first-order valence-electron chi connectivity index (χ1n) is 29.2. The molecule has 0 saturated carbocycles. The molecule has 0 N–H and O–H groups in total. The van der Waals surface area contributed by atoms with Crippen molar-refractivity contribution in [3.8, 4) is 39.6 Å². The van der Waals surface area contributed by atoms with Gasteiger partial charge in [-0.3, -0.25) is 4.57 Å².